The molecule has 1 aliphatic carbocycles. The zero-order valence-electron chi connectivity index (χ0n) is 13.0. The van der Waals surface area contributed by atoms with Crippen LogP contribution in [0.5, 0.6) is 0 Å². The number of aromatic nitrogens is 1. The summed E-state index contributed by atoms with van der Waals surface area (Å²) in [6.07, 6.45) is 3.84. The van der Waals surface area contributed by atoms with Crippen LogP contribution in [0.3, 0.4) is 0 Å². The van der Waals surface area contributed by atoms with Crippen molar-refractivity contribution in [2.45, 2.75) is 57.4 Å². The van der Waals surface area contributed by atoms with Gasteiger partial charge in [-0.05, 0) is 31.9 Å². The first-order chi connectivity index (χ1) is 10.0. The fourth-order valence-corrected chi connectivity index (χ4v) is 4.81. The molecule has 1 aromatic rings. The molecule has 0 aliphatic heterocycles. The van der Waals surface area contributed by atoms with Gasteiger partial charge in [0.15, 0.2) is 0 Å². The molecule has 1 amide bonds. The maximum atomic E-state index is 12.3. The Hall–Kier alpha value is -0.750. The zero-order chi connectivity index (χ0) is 15.4. The van der Waals surface area contributed by atoms with E-state index < -0.39 is 0 Å². The highest BCUT2D eigenvalue weighted by Crippen LogP contribution is 2.32. The highest BCUT2D eigenvalue weighted by atomic mass is 32.2. The second-order valence-corrected chi connectivity index (χ2v) is 7.99. The van der Waals surface area contributed by atoms with Crippen LogP contribution >= 0.6 is 23.1 Å². The van der Waals surface area contributed by atoms with Gasteiger partial charge in [-0.1, -0.05) is 18.3 Å². The second kappa shape index (κ2) is 7.49. The summed E-state index contributed by atoms with van der Waals surface area (Å²) >= 11 is 3.21. The first-order valence-electron chi connectivity index (χ1n) is 7.55. The van der Waals surface area contributed by atoms with Crippen molar-refractivity contribution in [1.29, 1.82) is 0 Å². The van der Waals surface area contributed by atoms with E-state index in [9.17, 15) is 9.59 Å². The van der Waals surface area contributed by atoms with Gasteiger partial charge in [0, 0.05) is 42.4 Å². The van der Waals surface area contributed by atoms with Crippen molar-refractivity contribution in [3.05, 3.63) is 20.7 Å². The average Bonchev–Trinajstić information content (AvgIpc) is 3.04. The Balaban J connectivity index is 1.85. The Morgan fingerprint density at radius 3 is 2.90 bits per heavy atom. The maximum Gasteiger partial charge on any atom is 0.307 e. The minimum absolute atomic E-state index is 0.0308. The van der Waals surface area contributed by atoms with E-state index in [1.165, 1.54) is 17.8 Å². The lowest BCUT2D eigenvalue weighted by molar-refractivity contribution is -0.132. The summed E-state index contributed by atoms with van der Waals surface area (Å²) in [4.78, 5) is 25.9. The zero-order valence-corrected chi connectivity index (χ0v) is 14.6. The molecule has 1 aromatic heterocycles. The van der Waals surface area contributed by atoms with Gasteiger partial charge in [-0.15, -0.1) is 0 Å². The van der Waals surface area contributed by atoms with Crippen LogP contribution in [-0.4, -0.2) is 39.5 Å². The number of rotatable bonds is 6. The minimum Gasteiger partial charge on any atom is -0.343 e. The van der Waals surface area contributed by atoms with Gasteiger partial charge in [-0.25, -0.2) is 0 Å². The Bertz CT molecular complexity index is 538. The fraction of sp³-hybridized carbons (Fsp3) is 0.733. The molecule has 1 saturated carbocycles. The van der Waals surface area contributed by atoms with Gasteiger partial charge in [0.2, 0.25) is 5.91 Å². The van der Waals surface area contributed by atoms with E-state index in [1.807, 2.05) is 36.0 Å². The first-order valence-corrected chi connectivity index (χ1v) is 9.48. The van der Waals surface area contributed by atoms with E-state index in [0.717, 1.165) is 24.3 Å². The molecular weight excluding hydrogens is 304 g/mol. The van der Waals surface area contributed by atoms with Crippen molar-refractivity contribution >= 4 is 29.0 Å². The molecular formula is C15H24N2O2S2. The number of carbonyl (C=O) groups excluding carboxylic acids is 1. The number of hydrogen-bond donors (Lipinski definition) is 0. The summed E-state index contributed by atoms with van der Waals surface area (Å²) in [5.41, 5.74) is 0.945. The van der Waals surface area contributed by atoms with Gasteiger partial charge in [0.1, 0.15) is 0 Å². The number of thiazole rings is 1. The van der Waals surface area contributed by atoms with Crippen molar-refractivity contribution in [1.82, 2.24) is 9.47 Å². The lowest BCUT2D eigenvalue weighted by Gasteiger charge is -2.25. The molecule has 21 heavy (non-hydrogen) atoms. The van der Waals surface area contributed by atoms with Crippen molar-refractivity contribution in [2.75, 3.05) is 12.8 Å². The average molecular weight is 329 g/mol. The van der Waals surface area contributed by atoms with Gasteiger partial charge < -0.3 is 9.47 Å². The predicted molar refractivity (Wildman–Crippen MR) is 90.3 cm³/mol. The summed E-state index contributed by atoms with van der Waals surface area (Å²) in [7, 11) is 1.91. The Kier molecular flexibility index (Phi) is 5.93. The van der Waals surface area contributed by atoms with Crippen molar-refractivity contribution in [3.8, 4) is 0 Å². The van der Waals surface area contributed by atoms with Gasteiger partial charge in [-0.3, -0.25) is 9.59 Å². The van der Waals surface area contributed by atoms with Gasteiger partial charge in [-0.2, -0.15) is 11.8 Å². The molecule has 0 saturated heterocycles. The fourth-order valence-electron chi connectivity index (χ4n) is 2.92. The topological polar surface area (TPSA) is 42.3 Å². The van der Waals surface area contributed by atoms with Crippen LogP contribution in [0, 0.1) is 6.92 Å². The minimum atomic E-state index is 0.0308. The third-order valence-electron chi connectivity index (χ3n) is 4.23. The van der Waals surface area contributed by atoms with Crippen LogP contribution in [0.4, 0.5) is 0 Å². The van der Waals surface area contributed by atoms with Crippen LogP contribution < -0.4 is 4.87 Å². The van der Waals surface area contributed by atoms with E-state index in [-0.39, 0.29) is 10.8 Å². The Morgan fingerprint density at radius 1 is 1.52 bits per heavy atom. The SMILES string of the molecule is CCS[C@H]1CC[C@@H](N(C)C(=O)CCn2c(C)csc2=O)C1. The van der Waals surface area contributed by atoms with E-state index in [2.05, 4.69) is 6.92 Å². The standard InChI is InChI=1S/C15H24N2O2S2/c1-4-20-13-6-5-12(9-13)16(3)14(18)7-8-17-11(2)10-21-15(17)19/h10,12-13H,4-9H2,1-3H3/t12-,13+/m1/s1. The van der Waals surface area contributed by atoms with E-state index in [0.29, 0.717) is 24.3 Å². The molecule has 0 N–H and O–H groups in total. The van der Waals surface area contributed by atoms with Gasteiger partial charge in [0.25, 0.3) is 0 Å². The molecule has 2 atom stereocenters. The van der Waals surface area contributed by atoms with Crippen LogP contribution in [0.2, 0.25) is 0 Å². The summed E-state index contributed by atoms with van der Waals surface area (Å²) in [5, 5.41) is 2.55. The van der Waals surface area contributed by atoms with Crippen LogP contribution in [0.1, 0.15) is 38.3 Å². The van der Waals surface area contributed by atoms with Gasteiger partial charge in [0.05, 0.1) is 0 Å². The molecule has 1 aliphatic rings. The lowest BCUT2D eigenvalue weighted by atomic mass is 10.2. The van der Waals surface area contributed by atoms with E-state index >= 15 is 0 Å². The van der Waals surface area contributed by atoms with Crippen molar-refractivity contribution in [2.24, 2.45) is 0 Å². The molecule has 1 heterocycles. The number of carbonyl (C=O) groups is 1. The number of aryl methyl sites for hydroxylation is 1. The number of amides is 1. The number of thioether (sulfide) groups is 1. The molecule has 2 rings (SSSR count). The molecule has 4 nitrogen and oxygen atoms in total. The summed E-state index contributed by atoms with van der Waals surface area (Å²) in [5.74, 6) is 1.30. The normalized spacial score (nSPS) is 21.7. The second-order valence-electron chi connectivity index (χ2n) is 5.59. The third kappa shape index (κ3) is 4.13. The predicted octanol–water partition coefficient (Wildman–Crippen LogP) is 2.74. The molecule has 0 aromatic carbocycles. The molecule has 1 fully saturated rings. The van der Waals surface area contributed by atoms with Crippen LogP contribution in [0.25, 0.3) is 0 Å². The van der Waals surface area contributed by atoms with Gasteiger partial charge >= 0.3 is 4.87 Å². The third-order valence-corrected chi connectivity index (χ3v) is 6.34. The van der Waals surface area contributed by atoms with Crippen LogP contribution in [0.15, 0.2) is 10.2 Å². The van der Waals surface area contributed by atoms with Crippen molar-refractivity contribution < 1.29 is 4.79 Å². The lowest BCUT2D eigenvalue weighted by Crippen LogP contribution is -2.36. The molecule has 6 heteroatoms. The van der Waals surface area contributed by atoms with E-state index in [4.69, 9.17) is 0 Å². The van der Waals surface area contributed by atoms with Crippen molar-refractivity contribution in [3.63, 3.8) is 0 Å². The summed E-state index contributed by atoms with van der Waals surface area (Å²) in [6, 6.07) is 0.377. The quantitative estimate of drug-likeness (QED) is 0.806. The largest absolute Gasteiger partial charge is 0.343 e. The Morgan fingerprint density at radius 2 is 2.29 bits per heavy atom. The number of nitrogens with zero attached hydrogens (tertiary/aromatic N) is 2. The Labute approximate surface area is 134 Å². The number of hydrogen-bond acceptors (Lipinski definition) is 4. The molecule has 0 spiro atoms. The molecule has 118 valence electrons. The molecule has 0 unspecified atom stereocenters. The summed E-state index contributed by atoms with van der Waals surface area (Å²) in [6.45, 7) is 4.60. The first kappa shape index (κ1) is 16.6. The highest BCUT2D eigenvalue weighted by molar-refractivity contribution is 7.99. The molecule has 0 radical (unpaired) electrons. The summed E-state index contributed by atoms with van der Waals surface area (Å²) < 4.78 is 1.70. The van der Waals surface area contributed by atoms with E-state index in [1.54, 1.807) is 4.57 Å². The molecule has 0 bridgehead atoms. The van der Waals surface area contributed by atoms with Crippen LogP contribution in [-0.2, 0) is 11.3 Å². The monoisotopic (exact) mass is 328 g/mol. The smallest absolute Gasteiger partial charge is 0.307 e. The highest BCUT2D eigenvalue weighted by Gasteiger charge is 2.29. The maximum absolute atomic E-state index is 12.3.